The second-order valence-electron chi connectivity index (χ2n) is 4.20. The van der Waals surface area contributed by atoms with E-state index in [1.165, 1.54) is 6.07 Å². The van der Waals surface area contributed by atoms with Crippen LogP contribution in [0, 0.1) is 13.8 Å². The Hall–Kier alpha value is -2.16. The molecule has 2 aromatic carbocycles. The molecule has 0 aliphatic heterocycles. The third-order valence-corrected chi connectivity index (χ3v) is 2.73. The molecule has 0 unspecified atom stereocenters. The van der Waals surface area contributed by atoms with E-state index in [9.17, 15) is 15.3 Å². The van der Waals surface area contributed by atoms with E-state index in [1.807, 2.05) is 26.0 Å². The quantitative estimate of drug-likeness (QED) is 0.705. The Morgan fingerprint density at radius 3 is 1.53 bits per heavy atom. The summed E-state index contributed by atoms with van der Waals surface area (Å²) in [6, 6.07) is 8.06. The second-order valence-corrected chi connectivity index (χ2v) is 4.20. The first kappa shape index (κ1) is 11.3. The number of aryl methyl sites for hydroxylation is 2. The van der Waals surface area contributed by atoms with Crippen LogP contribution in [0.1, 0.15) is 11.1 Å². The van der Waals surface area contributed by atoms with Gasteiger partial charge in [-0.25, -0.2) is 0 Å². The van der Waals surface area contributed by atoms with Gasteiger partial charge in [-0.3, -0.25) is 0 Å². The Balaban J connectivity index is 2.60. The van der Waals surface area contributed by atoms with Crippen molar-refractivity contribution in [2.75, 3.05) is 0 Å². The summed E-state index contributed by atoms with van der Waals surface area (Å²) < 4.78 is 0. The predicted octanol–water partition coefficient (Wildman–Crippen LogP) is 3.09. The van der Waals surface area contributed by atoms with Crippen LogP contribution in [0.2, 0.25) is 0 Å². The van der Waals surface area contributed by atoms with Gasteiger partial charge in [0.25, 0.3) is 0 Å². The highest BCUT2D eigenvalue weighted by molar-refractivity contribution is 5.69. The lowest BCUT2D eigenvalue weighted by Crippen LogP contribution is -1.85. The zero-order chi connectivity index (χ0) is 12.6. The van der Waals surface area contributed by atoms with Crippen LogP contribution < -0.4 is 0 Å². The molecular weight excluding hydrogens is 216 g/mol. The summed E-state index contributed by atoms with van der Waals surface area (Å²) in [5.74, 6) is 0.310. The molecule has 0 aromatic heterocycles. The molecular formula is C14H14O3. The minimum absolute atomic E-state index is 0.0170. The number of hydrogen-bond acceptors (Lipinski definition) is 3. The molecule has 0 amide bonds. The minimum Gasteiger partial charge on any atom is -0.508 e. The molecule has 0 saturated carbocycles. The zero-order valence-electron chi connectivity index (χ0n) is 9.73. The van der Waals surface area contributed by atoms with E-state index in [0.29, 0.717) is 5.56 Å². The van der Waals surface area contributed by atoms with E-state index < -0.39 is 0 Å². The molecule has 0 heterocycles. The van der Waals surface area contributed by atoms with Gasteiger partial charge in [-0.2, -0.15) is 0 Å². The average Bonchev–Trinajstić information content (AvgIpc) is 2.23. The first-order valence-corrected chi connectivity index (χ1v) is 5.31. The van der Waals surface area contributed by atoms with Crippen LogP contribution in [0.5, 0.6) is 17.2 Å². The Kier molecular flexibility index (Phi) is 2.68. The van der Waals surface area contributed by atoms with Crippen LogP contribution in [0.25, 0.3) is 11.1 Å². The average molecular weight is 230 g/mol. The maximum Gasteiger partial charge on any atom is 0.121 e. The molecule has 3 nitrogen and oxygen atoms in total. The topological polar surface area (TPSA) is 60.7 Å². The Morgan fingerprint density at radius 2 is 1.06 bits per heavy atom. The summed E-state index contributed by atoms with van der Waals surface area (Å²) in [4.78, 5) is 0. The van der Waals surface area contributed by atoms with Gasteiger partial charge in [0.05, 0.1) is 0 Å². The summed E-state index contributed by atoms with van der Waals surface area (Å²) in [7, 11) is 0. The van der Waals surface area contributed by atoms with Crippen LogP contribution in [-0.2, 0) is 0 Å². The lowest BCUT2D eigenvalue weighted by molar-refractivity contribution is 0.451. The normalized spacial score (nSPS) is 10.5. The molecule has 2 aromatic rings. The maximum absolute atomic E-state index is 9.69. The van der Waals surface area contributed by atoms with Gasteiger partial charge in [0, 0.05) is 6.07 Å². The molecule has 3 heteroatoms. The lowest BCUT2D eigenvalue weighted by Gasteiger charge is -2.09. The molecule has 0 aliphatic carbocycles. The molecule has 17 heavy (non-hydrogen) atoms. The zero-order valence-corrected chi connectivity index (χ0v) is 9.73. The first-order valence-electron chi connectivity index (χ1n) is 5.31. The predicted molar refractivity (Wildman–Crippen MR) is 66.3 cm³/mol. The number of aromatic hydroxyl groups is 3. The molecule has 88 valence electrons. The Morgan fingerprint density at radius 1 is 0.647 bits per heavy atom. The van der Waals surface area contributed by atoms with E-state index >= 15 is 0 Å². The number of phenols is 3. The van der Waals surface area contributed by atoms with Gasteiger partial charge >= 0.3 is 0 Å². The van der Waals surface area contributed by atoms with E-state index in [1.54, 1.807) is 12.1 Å². The number of rotatable bonds is 1. The second kappa shape index (κ2) is 4.01. The molecule has 0 saturated heterocycles. The van der Waals surface area contributed by atoms with Crippen molar-refractivity contribution < 1.29 is 15.3 Å². The molecule has 0 bridgehead atoms. The van der Waals surface area contributed by atoms with Gasteiger partial charge in [-0.1, -0.05) is 0 Å². The van der Waals surface area contributed by atoms with E-state index in [4.69, 9.17) is 0 Å². The van der Waals surface area contributed by atoms with Crippen LogP contribution in [0.4, 0.5) is 0 Å². The van der Waals surface area contributed by atoms with Crippen molar-refractivity contribution >= 4 is 0 Å². The molecule has 0 radical (unpaired) electrons. The summed E-state index contributed by atoms with van der Waals surface area (Å²) in [5, 5.41) is 28.6. The third kappa shape index (κ3) is 2.18. The van der Waals surface area contributed by atoms with Gasteiger partial charge in [0.1, 0.15) is 17.2 Å². The molecule has 2 rings (SSSR count). The fourth-order valence-corrected chi connectivity index (χ4v) is 1.88. The van der Waals surface area contributed by atoms with Crippen LogP contribution in [-0.4, -0.2) is 15.3 Å². The minimum atomic E-state index is 0.0170. The highest BCUT2D eigenvalue weighted by Gasteiger charge is 2.07. The van der Waals surface area contributed by atoms with Crippen LogP contribution in [0.3, 0.4) is 0 Å². The Bertz CT molecular complexity index is 530. The van der Waals surface area contributed by atoms with E-state index in [-0.39, 0.29) is 17.2 Å². The molecule has 0 fully saturated rings. The van der Waals surface area contributed by atoms with Crippen LogP contribution >= 0.6 is 0 Å². The number of hydrogen-bond donors (Lipinski definition) is 3. The van der Waals surface area contributed by atoms with Crippen molar-refractivity contribution in [2.24, 2.45) is 0 Å². The van der Waals surface area contributed by atoms with Crippen molar-refractivity contribution in [3.05, 3.63) is 41.5 Å². The fraction of sp³-hybridized carbons (Fsp3) is 0.143. The molecule has 0 atom stereocenters. The lowest BCUT2D eigenvalue weighted by atomic mass is 9.99. The number of phenolic OH excluding ortho intramolecular Hbond substituents is 3. The fourth-order valence-electron chi connectivity index (χ4n) is 1.88. The van der Waals surface area contributed by atoms with Crippen molar-refractivity contribution in [1.82, 2.24) is 0 Å². The molecule has 3 N–H and O–H groups in total. The highest BCUT2D eigenvalue weighted by Crippen LogP contribution is 2.32. The van der Waals surface area contributed by atoms with Crippen molar-refractivity contribution in [3.63, 3.8) is 0 Å². The monoisotopic (exact) mass is 230 g/mol. The van der Waals surface area contributed by atoms with E-state index in [0.717, 1.165) is 16.7 Å². The smallest absolute Gasteiger partial charge is 0.121 e. The summed E-state index contributed by atoms with van der Waals surface area (Å²) in [5.41, 5.74) is 3.10. The first-order chi connectivity index (χ1) is 7.97. The largest absolute Gasteiger partial charge is 0.508 e. The maximum atomic E-state index is 9.69. The van der Waals surface area contributed by atoms with Gasteiger partial charge < -0.3 is 15.3 Å². The van der Waals surface area contributed by atoms with Gasteiger partial charge in [0.2, 0.25) is 0 Å². The number of benzene rings is 2. The molecule has 0 spiro atoms. The van der Waals surface area contributed by atoms with Crippen molar-refractivity contribution in [1.29, 1.82) is 0 Å². The SMILES string of the molecule is Cc1cc(-c2cc(O)cc(O)c2)cc(C)c1O. The standard InChI is InChI=1S/C14H14O3/c1-8-3-10(4-9(2)14(8)17)11-5-12(15)7-13(16)6-11/h3-7,15-17H,1-2H3. The van der Waals surface area contributed by atoms with Crippen molar-refractivity contribution in [3.8, 4) is 28.4 Å². The van der Waals surface area contributed by atoms with Gasteiger partial charge in [-0.15, -0.1) is 0 Å². The van der Waals surface area contributed by atoms with E-state index in [2.05, 4.69) is 0 Å². The Labute approximate surface area is 99.6 Å². The van der Waals surface area contributed by atoms with Gasteiger partial charge in [-0.05, 0) is 60.4 Å². The summed E-state index contributed by atoms with van der Waals surface area (Å²) >= 11 is 0. The summed E-state index contributed by atoms with van der Waals surface area (Å²) in [6.07, 6.45) is 0. The highest BCUT2D eigenvalue weighted by atomic mass is 16.3. The molecule has 0 aliphatic rings. The van der Waals surface area contributed by atoms with Crippen molar-refractivity contribution in [2.45, 2.75) is 13.8 Å². The third-order valence-electron chi connectivity index (χ3n) is 2.73. The van der Waals surface area contributed by atoms with Gasteiger partial charge in [0.15, 0.2) is 0 Å². The summed E-state index contributed by atoms with van der Waals surface area (Å²) in [6.45, 7) is 3.63. The van der Waals surface area contributed by atoms with Crippen LogP contribution in [0.15, 0.2) is 30.3 Å².